The quantitative estimate of drug-likeness (QED) is 0.810. The SMILES string of the molecule is CN(CCOc1cc(C(=O)Nc2ccc(Cl)c(F)c2)on1)C1CCC1. The van der Waals surface area contributed by atoms with Gasteiger partial charge in [-0.05, 0) is 43.2 Å². The van der Waals surface area contributed by atoms with Crippen LogP contribution in [-0.2, 0) is 0 Å². The van der Waals surface area contributed by atoms with E-state index in [4.69, 9.17) is 20.9 Å². The predicted molar refractivity (Wildman–Crippen MR) is 91.6 cm³/mol. The first-order valence-electron chi connectivity index (χ1n) is 8.09. The van der Waals surface area contributed by atoms with Crippen LogP contribution in [-0.4, -0.2) is 42.2 Å². The molecular formula is C17H19ClFN3O3. The van der Waals surface area contributed by atoms with Crippen molar-refractivity contribution in [1.29, 1.82) is 0 Å². The number of hydrogen-bond acceptors (Lipinski definition) is 5. The molecule has 0 radical (unpaired) electrons. The molecule has 1 saturated carbocycles. The Balaban J connectivity index is 1.49. The predicted octanol–water partition coefficient (Wildman–Crippen LogP) is 3.58. The van der Waals surface area contributed by atoms with Gasteiger partial charge in [0.05, 0.1) is 11.1 Å². The Morgan fingerprint density at radius 3 is 2.96 bits per heavy atom. The number of rotatable bonds is 7. The smallest absolute Gasteiger partial charge is 0.294 e. The maximum Gasteiger partial charge on any atom is 0.294 e. The largest absolute Gasteiger partial charge is 0.474 e. The molecule has 1 aromatic carbocycles. The Morgan fingerprint density at radius 2 is 2.28 bits per heavy atom. The lowest BCUT2D eigenvalue weighted by molar-refractivity contribution is 0.0987. The molecule has 0 aliphatic heterocycles. The zero-order chi connectivity index (χ0) is 17.8. The molecular weight excluding hydrogens is 349 g/mol. The van der Waals surface area contributed by atoms with E-state index in [-0.39, 0.29) is 22.4 Å². The van der Waals surface area contributed by atoms with E-state index in [0.717, 1.165) is 12.6 Å². The Bertz CT molecular complexity index is 748. The topological polar surface area (TPSA) is 67.6 Å². The summed E-state index contributed by atoms with van der Waals surface area (Å²) >= 11 is 5.60. The summed E-state index contributed by atoms with van der Waals surface area (Å²) < 4.78 is 23.9. The Hall–Kier alpha value is -2.12. The van der Waals surface area contributed by atoms with Crippen LogP contribution in [0.4, 0.5) is 10.1 Å². The third-order valence-electron chi connectivity index (χ3n) is 4.28. The molecule has 3 rings (SSSR count). The van der Waals surface area contributed by atoms with Crippen LogP contribution in [0, 0.1) is 5.82 Å². The van der Waals surface area contributed by atoms with Crippen molar-refractivity contribution in [1.82, 2.24) is 10.1 Å². The van der Waals surface area contributed by atoms with E-state index >= 15 is 0 Å². The number of amides is 1. The van der Waals surface area contributed by atoms with E-state index in [1.807, 2.05) is 0 Å². The highest BCUT2D eigenvalue weighted by Gasteiger charge is 2.21. The summed E-state index contributed by atoms with van der Waals surface area (Å²) in [6, 6.07) is 6.03. The van der Waals surface area contributed by atoms with Crippen LogP contribution in [0.3, 0.4) is 0 Å². The monoisotopic (exact) mass is 367 g/mol. The number of aromatic nitrogens is 1. The van der Waals surface area contributed by atoms with Gasteiger partial charge in [-0.1, -0.05) is 18.0 Å². The average Bonchev–Trinajstić information content (AvgIpc) is 2.98. The van der Waals surface area contributed by atoms with Crippen molar-refractivity contribution >= 4 is 23.2 Å². The molecule has 1 fully saturated rings. The normalized spacial score (nSPS) is 14.4. The number of ether oxygens (including phenoxy) is 1. The fourth-order valence-electron chi connectivity index (χ4n) is 2.50. The number of halogens is 2. The van der Waals surface area contributed by atoms with Gasteiger partial charge in [0.15, 0.2) is 0 Å². The Labute approximate surface area is 149 Å². The van der Waals surface area contributed by atoms with Crippen LogP contribution >= 0.6 is 11.6 Å². The van der Waals surface area contributed by atoms with Gasteiger partial charge in [0.2, 0.25) is 5.76 Å². The minimum atomic E-state index is -0.614. The van der Waals surface area contributed by atoms with Gasteiger partial charge in [0.25, 0.3) is 11.8 Å². The number of anilines is 1. The highest BCUT2D eigenvalue weighted by molar-refractivity contribution is 6.30. The van der Waals surface area contributed by atoms with E-state index in [2.05, 4.69) is 22.4 Å². The summed E-state index contributed by atoms with van der Waals surface area (Å²) in [6.07, 6.45) is 3.75. The Morgan fingerprint density at radius 1 is 1.48 bits per heavy atom. The lowest BCUT2D eigenvalue weighted by Crippen LogP contribution is -2.39. The molecule has 25 heavy (non-hydrogen) atoms. The number of carbonyl (C=O) groups excluding carboxylic acids is 1. The summed E-state index contributed by atoms with van der Waals surface area (Å²) in [5, 5.41) is 6.21. The number of nitrogens with zero attached hydrogens (tertiary/aromatic N) is 2. The van der Waals surface area contributed by atoms with Crippen molar-refractivity contribution in [2.75, 3.05) is 25.5 Å². The van der Waals surface area contributed by atoms with Crippen LogP contribution in [0.5, 0.6) is 5.88 Å². The molecule has 1 aliphatic carbocycles. The van der Waals surface area contributed by atoms with Crippen molar-refractivity contribution < 1.29 is 18.4 Å². The fourth-order valence-corrected chi connectivity index (χ4v) is 2.62. The molecule has 0 saturated heterocycles. The van der Waals surface area contributed by atoms with Crippen molar-refractivity contribution in [3.05, 3.63) is 40.9 Å². The molecule has 1 amide bonds. The average molecular weight is 368 g/mol. The van der Waals surface area contributed by atoms with Crippen LogP contribution in [0.2, 0.25) is 5.02 Å². The number of hydrogen-bond donors (Lipinski definition) is 1. The van der Waals surface area contributed by atoms with E-state index in [0.29, 0.717) is 12.6 Å². The van der Waals surface area contributed by atoms with Crippen molar-refractivity contribution in [2.45, 2.75) is 25.3 Å². The zero-order valence-corrected chi connectivity index (χ0v) is 14.6. The van der Waals surface area contributed by atoms with E-state index in [1.165, 1.54) is 37.5 Å². The second-order valence-corrected chi connectivity index (χ2v) is 6.43. The van der Waals surface area contributed by atoms with Crippen LogP contribution in [0.25, 0.3) is 0 Å². The lowest BCUT2D eigenvalue weighted by Gasteiger charge is -2.34. The molecule has 2 aromatic rings. The first kappa shape index (κ1) is 17.7. The molecule has 134 valence electrons. The summed E-state index contributed by atoms with van der Waals surface area (Å²) in [4.78, 5) is 14.3. The summed E-state index contributed by atoms with van der Waals surface area (Å²) in [6.45, 7) is 1.24. The van der Waals surface area contributed by atoms with Gasteiger partial charge in [-0.3, -0.25) is 4.79 Å². The van der Waals surface area contributed by atoms with Crippen LogP contribution < -0.4 is 10.1 Å². The Kier molecular flexibility index (Phi) is 5.55. The fraction of sp³-hybridized carbons (Fsp3) is 0.412. The van der Waals surface area contributed by atoms with Gasteiger partial charge >= 0.3 is 0 Å². The van der Waals surface area contributed by atoms with E-state index in [9.17, 15) is 9.18 Å². The summed E-state index contributed by atoms with van der Waals surface area (Å²) in [5.41, 5.74) is 0.271. The molecule has 1 N–H and O–H groups in total. The summed E-state index contributed by atoms with van der Waals surface area (Å²) in [7, 11) is 2.07. The van der Waals surface area contributed by atoms with Gasteiger partial charge in [-0.2, -0.15) is 0 Å². The van der Waals surface area contributed by atoms with Crippen LogP contribution in [0.1, 0.15) is 29.8 Å². The maximum atomic E-state index is 13.4. The lowest BCUT2D eigenvalue weighted by atomic mass is 9.92. The number of carbonyl (C=O) groups is 1. The molecule has 0 spiro atoms. The third-order valence-corrected chi connectivity index (χ3v) is 4.59. The van der Waals surface area contributed by atoms with E-state index in [1.54, 1.807) is 0 Å². The second-order valence-electron chi connectivity index (χ2n) is 6.03. The van der Waals surface area contributed by atoms with Crippen molar-refractivity contribution in [3.63, 3.8) is 0 Å². The van der Waals surface area contributed by atoms with Crippen molar-refractivity contribution in [2.24, 2.45) is 0 Å². The van der Waals surface area contributed by atoms with Gasteiger partial charge in [0, 0.05) is 18.3 Å². The van der Waals surface area contributed by atoms with Gasteiger partial charge in [-0.15, -0.1) is 0 Å². The molecule has 0 atom stereocenters. The molecule has 1 aliphatic rings. The number of likely N-dealkylation sites (N-methyl/N-ethyl adjacent to an activating group) is 1. The first-order valence-corrected chi connectivity index (χ1v) is 8.47. The summed E-state index contributed by atoms with van der Waals surface area (Å²) in [5.74, 6) is -0.931. The minimum absolute atomic E-state index is 0.0137. The number of nitrogens with one attached hydrogen (secondary N) is 1. The second kappa shape index (κ2) is 7.84. The molecule has 8 heteroatoms. The highest BCUT2D eigenvalue weighted by Crippen LogP contribution is 2.23. The van der Waals surface area contributed by atoms with Gasteiger partial charge < -0.3 is 19.5 Å². The van der Waals surface area contributed by atoms with Gasteiger partial charge in [0.1, 0.15) is 12.4 Å². The molecule has 0 unspecified atom stereocenters. The zero-order valence-electron chi connectivity index (χ0n) is 13.8. The molecule has 0 bridgehead atoms. The minimum Gasteiger partial charge on any atom is -0.474 e. The third kappa shape index (κ3) is 4.49. The first-order chi connectivity index (χ1) is 12.0. The number of benzene rings is 1. The van der Waals surface area contributed by atoms with Crippen LogP contribution in [0.15, 0.2) is 28.8 Å². The highest BCUT2D eigenvalue weighted by atomic mass is 35.5. The van der Waals surface area contributed by atoms with Crippen molar-refractivity contribution in [3.8, 4) is 5.88 Å². The maximum absolute atomic E-state index is 13.4. The van der Waals surface area contributed by atoms with E-state index < -0.39 is 11.7 Å². The molecule has 6 nitrogen and oxygen atoms in total. The molecule has 1 aromatic heterocycles. The van der Waals surface area contributed by atoms with Gasteiger partial charge in [-0.25, -0.2) is 4.39 Å². The standard InChI is InChI=1S/C17H19ClFN3O3/c1-22(12-3-2-4-12)7-8-24-16-10-15(25-21-16)17(23)20-11-5-6-13(18)14(19)9-11/h5-6,9-10,12H,2-4,7-8H2,1H3,(H,20,23). The molecule has 1 heterocycles.